The van der Waals surface area contributed by atoms with E-state index in [1.54, 1.807) is 19.0 Å². The lowest BCUT2D eigenvalue weighted by Crippen LogP contribution is -2.20. The van der Waals surface area contributed by atoms with Crippen molar-refractivity contribution in [2.75, 3.05) is 20.6 Å². The maximum Gasteiger partial charge on any atom is 0.358 e. The predicted molar refractivity (Wildman–Crippen MR) is 50.5 cm³/mol. The molecule has 0 fully saturated rings. The summed E-state index contributed by atoms with van der Waals surface area (Å²) >= 11 is 0. The Kier molecular flexibility index (Phi) is 3.88. The quantitative estimate of drug-likeness (QED) is 0.802. The Morgan fingerprint density at radius 1 is 1.56 bits per heavy atom. The maximum atomic E-state index is 12.6. The number of aromatic nitrogens is 3. The van der Waals surface area contributed by atoms with Gasteiger partial charge in [0.2, 0.25) is 0 Å². The van der Waals surface area contributed by atoms with Crippen LogP contribution in [0.5, 0.6) is 0 Å². The fourth-order valence-corrected chi connectivity index (χ4v) is 1.15. The van der Waals surface area contributed by atoms with Gasteiger partial charge < -0.3 is 10.0 Å². The van der Waals surface area contributed by atoms with E-state index in [-0.39, 0.29) is 6.54 Å². The third-order valence-corrected chi connectivity index (χ3v) is 1.94. The van der Waals surface area contributed by atoms with Crippen LogP contribution in [-0.2, 0) is 6.54 Å². The van der Waals surface area contributed by atoms with Gasteiger partial charge in [0.05, 0.1) is 6.54 Å². The Bertz CT molecular complexity index is 378. The van der Waals surface area contributed by atoms with Crippen LogP contribution in [-0.4, -0.2) is 51.6 Å². The molecule has 0 aliphatic heterocycles. The summed E-state index contributed by atoms with van der Waals surface area (Å²) in [6, 6.07) is 0. The molecule has 0 saturated carbocycles. The molecule has 0 amide bonds. The Morgan fingerprint density at radius 2 is 2.19 bits per heavy atom. The Balaban J connectivity index is 2.96. The van der Waals surface area contributed by atoms with Gasteiger partial charge in [0.25, 0.3) is 6.43 Å². The number of aromatic carboxylic acids is 1. The van der Waals surface area contributed by atoms with Gasteiger partial charge >= 0.3 is 5.97 Å². The van der Waals surface area contributed by atoms with Crippen LogP contribution in [0, 0.1) is 0 Å². The fourth-order valence-electron chi connectivity index (χ4n) is 1.15. The number of alkyl halides is 2. The van der Waals surface area contributed by atoms with Crippen molar-refractivity contribution in [3.05, 3.63) is 11.4 Å². The Labute approximate surface area is 90.5 Å². The molecular weight excluding hydrogens is 222 g/mol. The first-order valence-corrected chi connectivity index (χ1v) is 4.53. The number of hydrogen-bond acceptors (Lipinski definition) is 4. The molecule has 0 unspecified atom stereocenters. The Hall–Kier alpha value is -1.57. The summed E-state index contributed by atoms with van der Waals surface area (Å²) in [7, 11) is 3.55. The zero-order valence-electron chi connectivity index (χ0n) is 8.89. The molecule has 0 spiro atoms. The lowest BCUT2D eigenvalue weighted by Gasteiger charge is -2.10. The average Bonchev–Trinajstić information content (AvgIpc) is 2.57. The number of likely N-dealkylation sites (N-methyl/N-ethyl adjacent to an activating group) is 1. The van der Waals surface area contributed by atoms with Gasteiger partial charge in [-0.25, -0.2) is 18.3 Å². The third-order valence-electron chi connectivity index (χ3n) is 1.94. The lowest BCUT2D eigenvalue weighted by molar-refractivity contribution is 0.0675. The molecule has 8 heteroatoms. The summed E-state index contributed by atoms with van der Waals surface area (Å²) in [4.78, 5) is 12.4. The van der Waals surface area contributed by atoms with E-state index < -0.39 is 23.8 Å². The fraction of sp³-hybridized carbons (Fsp3) is 0.625. The molecule has 1 aromatic heterocycles. The van der Waals surface area contributed by atoms with E-state index in [0.29, 0.717) is 6.54 Å². The summed E-state index contributed by atoms with van der Waals surface area (Å²) in [5.74, 6) is -1.49. The maximum absolute atomic E-state index is 12.6. The summed E-state index contributed by atoms with van der Waals surface area (Å²) < 4.78 is 26.2. The van der Waals surface area contributed by atoms with Crippen molar-refractivity contribution in [1.82, 2.24) is 19.9 Å². The molecule has 1 heterocycles. The number of rotatable bonds is 5. The SMILES string of the molecule is CN(C)CCn1nnc(C(=O)O)c1C(F)F. The van der Waals surface area contributed by atoms with Crippen LogP contribution in [0.3, 0.4) is 0 Å². The minimum Gasteiger partial charge on any atom is -0.476 e. The third kappa shape index (κ3) is 2.72. The van der Waals surface area contributed by atoms with Crippen molar-refractivity contribution in [2.45, 2.75) is 13.0 Å². The highest BCUT2D eigenvalue weighted by atomic mass is 19.3. The van der Waals surface area contributed by atoms with Gasteiger partial charge in [-0.3, -0.25) is 0 Å². The van der Waals surface area contributed by atoms with Crippen LogP contribution in [0.4, 0.5) is 8.78 Å². The van der Waals surface area contributed by atoms with Gasteiger partial charge in [-0.1, -0.05) is 5.21 Å². The minimum absolute atomic E-state index is 0.174. The van der Waals surface area contributed by atoms with Crippen LogP contribution >= 0.6 is 0 Å². The summed E-state index contributed by atoms with van der Waals surface area (Å²) in [6.07, 6.45) is -2.90. The molecule has 0 aromatic carbocycles. The van der Waals surface area contributed by atoms with E-state index in [2.05, 4.69) is 10.3 Å². The van der Waals surface area contributed by atoms with Crippen LogP contribution in [0.15, 0.2) is 0 Å². The van der Waals surface area contributed by atoms with E-state index in [9.17, 15) is 13.6 Å². The van der Waals surface area contributed by atoms with Crippen LogP contribution in [0.25, 0.3) is 0 Å². The van der Waals surface area contributed by atoms with Crippen LogP contribution in [0.2, 0.25) is 0 Å². The van der Waals surface area contributed by atoms with Gasteiger partial charge in [-0.05, 0) is 14.1 Å². The molecule has 6 nitrogen and oxygen atoms in total. The van der Waals surface area contributed by atoms with Crippen molar-refractivity contribution in [2.24, 2.45) is 0 Å². The lowest BCUT2D eigenvalue weighted by atomic mass is 10.3. The van der Waals surface area contributed by atoms with Crippen molar-refractivity contribution in [1.29, 1.82) is 0 Å². The molecule has 1 aromatic rings. The molecule has 0 aliphatic rings. The molecule has 1 N–H and O–H groups in total. The van der Waals surface area contributed by atoms with E-state index >= 15 is 0 Å². The second-order valence-electron chi connectivity index (χ2n) is 3.46. The first-order valence-electron chi connectivity index (χ1n) is 4.53. The van der Waals surface area contributed by atoms with Gasteiger partial charge in [0, 0.05) is 6.54 Å². The summed E-state index contributed by atoms with van der Waals surface area (Å²) in [5.41, 5.74) is -1.33. The average molecular weight is 234 g/mol. The Morgan fingerprint density at radius 3 is 2.62 bits per heavy atom. The molecule has 0 radical (unpaired) electrons. The first kappa shape index (κ1) is 12.5. The molecule has 0 saturated heterocycles. The van der Waals surface area contributed by atoms with Crippen molar-refractivity contribution < 1.29 is 18.7 Å². The van der Waals surface area contributed by atoms with Crippen molar-refractivity contribution >= 4 is 5.97 Å². The highest BCUT2D eigenvalue weighted by Crippen LogP contribution is 2.21. The smallest absolute Gasteiger partial charge is 0.358 e. The van der Waals surface area contributed by atoms with E-state index in [1.807, 2.05) is 0 Å². The molecule has 16 heavy (non-hydrogen) atoms. The van der Waals surface area contributed by atoms with E-state index in [1.165, 1.54) is 0 Å². The normalized spacial score (nSPS) is 11.4. The van der Waals surface area contributed by atoms with Crippen molar-refractivity contribution in [3.63, 3.8) is 0 Å². The van der Waals surface area contributed by atoms with E-state index in [0.717, 1.165) is 4.68 Å². The monoisotopic (exact) mass is 234 g/mol. The van der Waals surface area contributed by atoms with Gasteiger partial charge in [-0.15, -0.1) is 5.10 Å². The summed E-state index contributed by atoms with van der Waals surface area (Å²) in [5, 5.41) is 15.3. The number of carboxylic acids is 1. The zero-order chi connectivity index (χ0) is 12.3. The molecule has 0 atom stereocenters. The van der Waals surface area contributed by atoms with Gasteiger partial charge in [-0.2, -0.15) is 0 Å². The predicted octanol–water partition coefficient (Wildman–Crippen LogP) is 0.475. The number of nitrogens with zero attached hydrogens (tertiary/aromatic N) is 4. The molecular formula is C8H12F2N4O2. The van der Waals surface area contributed by atoms with Crippen LogP contribution < -0.4 is 0 Å². The second kappa shape index (κ2) is 4.97. The number of carbonyl (C=O) groups is 1. The van der Waals surface area contributed by atoms with Gasteiger partial charge in [0.1, 0.15) is 5.69 Å². The molecule has 0 bridgehead atoms. The van der Waals surface area contributed by atoms with E-state index in [4.69, 9.17) is 5.11 Å². The second-order valence-corrected chi connectivity index (χ2v) is 3.46. The molecule has 90 valence electrons. The molecule has 0 aliphatic carbocycles. The highest BCUT2D eigenvalue weighted by molar-refractivity contribution is 5.86. The van der Waals surface area contributed by atoms with Gasteiger partial charge in [0.15, 0.2) is 5.69 Å². The zero-order valence-corrected chi connectivity index (χ0v) is 8.89. The highest BCUT2D eigenvalue weighted by Gasteiger charge is 2.25. The first-order chi connectivity index (χ1) is 7.43. The number of hydrogen-bond donors (Lipinski definition) is 1. The minimum atomic E-state index is -2.90. The summed E-state index contributed by atoms with van der Waals surface area (Å²) in [6.45, 7) is 0.648. The standard InChI is InChI=1S/C8H12F2N4O2/c1-13(2)3-4-14-6(7(9)10)5(8(15)16)11-12-14/h7H,3-4H2,1-2H3,(H,15,16). The van der Waals surface area contributed by atoms with Crippen LogP contribution in [0.1, 0.15) is 22.6 Å². The number of carboxylic acid groups (broad SMARTS) is 1. The molecule has 1 rings (SSSR count). The number of halogens is 2. The van der Waals surface area contributed by atoms with Crippen molar-refractivity contribution in [3.8, 4) is 0 Å². The topological polar surface area (TPSA) is 71.2 Å². The largest absolute Gasteiger partial charge is 0.476 e.